The van der Waals surface area contributed by atoms with Crippen LogP contribution in [0, 0.1) is 0 Å². The van der Waals surface area contributed by atoms with E-state index in [1.54, 1.807) is 7.11 Å². The molecule has 0 amide bonds. The number of rotatable bonds is 6. The van der Waals surface area contributed by atoms with Gasteiger partial charge >= 0.3 is 6.36 Å². The van der Waals surface area contributed by atoms with Crippen LogP contribution >= 0.6 is 0 Å². The van der Waals surface area contributed by atoms with E-state index >= 15 is 0 Å². The molecule has 0 spiro atoms. The van der Waals surface area contributed by atoms with Crippen molar-refractivity contribution in [3.05, 3.63) is 0 Å². The first-order chi connectivity index (χ1) is 7.47. The van der Waals surface area contributed by atoms with Crippen LogP contribution in [0.25, 0.3) is 0 Å². The van der Waals surface area contributed by atoms with E-state index < -0.39 is 18.6 Å². The Bertz CT molecular complexity index is 205. The van der Waals surface area contributed by atoms with Gasteiger partial charge in [-0.25, -0.2) is 0 Å². The fourth-order valence-electron chi connectivity index (χ4n) is 1.52. The number of methoxy groups -OCH3 is 1. The molecule has 0 aliphatic carbocycles. The second kappa shape index (κ2) is 5.81. The summed E-state index contributed by atoms with van der Waals surface area (Å²) in [6, 6.07) is 0. The zero-order valence-electron chi connectivity index (χ0n) is 9.10. The molecule has 1 aliphatic heterocycles. The average molecular weight is 243 g/mol. The molecule has 1 aliphatic rings. The van der Waals surface area contributed by atoms with Gasteiger partial charge in [-0.05, 0) is 0 Å². The molecule has 1 unspecified atom stereocenters. The highest BCUT2D eigenvalue weighted by molar-refractivity contribution is 4.86. The Morgan fingerprint density at radius 3 is 2.69 bits per heavy atom. The molecular formula is C9H16F3NO3. The molecule has 0 radical (unpaired) electrons. The molecule has 0 aromatic heterocycles. The minimum Gasteiger partial charge on any atom is -0.378 e. The summed E-state index contributed by atoms with van der Waals surface area (Å²) in [4.78, 5) is 0. The Hall–Kier alpha value is -0.370. The minimum atomic E-state index is -4.56. The van der Waals surface area contributed by atoms with Crippen molar-refractivity contribution >= 4 is 0 Å². The van der Waals surface area contributed by atoms with Gasteiger partial charge in [0, 0.05) is 33.2 Å². The van der Waals surface area contributed by atoms with Crippen LogP contribution < -0.4 is 5.32 Å². The summed E-state index contributed by atoms with van der Waals surface area (Å²) in [5.74, 6) is 0. The Balaban J connectivity index is 2.10. The third-order valence-corrected chi connectivity index (χ3v) is 2.49. The highest BCUT2D eigenvalue weighted by Crippen LogP contribution is 2.21. The van der Waals surface area contributed by atoms with E-state index in [0.717, 1.165) is 6.42 Å². The summed E-state index contributed by atoms with van der Waals surface area (Å²) in [6.45, 7) is 1.28. The van der Waals surface area contributed by atoms with Crippen LogP contribution in [-0.2, 0) is 14.2 Å². The summed E-state index contributed by atoms with van der Waals surface area (Å²) >= 11 is 0. The molecule has 1 atom stereocenters. The molecular weight excluding hydrogens is 227 g/mol. The number of alkyl halides is 3. The molecule has 1 fully saturated rings. The maximum atomic E-state index is 11.6. The second-order valence-corrected chi connectivity index (χ2v) is 3.66. The number of hydrogen-bond donors (Lipinski definition) is 1. The average Bonchev–Trinajstić information content (AvgIpc) is 2.65. The first-order valence-electron chi connectivity index (χ1n) is 5.02. The molecule has 0 aromatic rings. The van der Waals surface area contributed by atoms with Gasteiger partial charge in [-0.2, -0.15) is 0 Å². The third-order valence-electron chi connectivity index (χ3n) is 2.49. The van der Waals surface area contributed by atoms with E-state index in [0.29, 0.717) is 19.8 Å². The smallest absolute Gasteiger partial charge is 0.378 e. The zero-order valence-corrected chi connectivity index (χ0v) is 9.10. The van der Waals surface area contributed by atoms with Crippen LogP contribution in [0.3, 0.4) is 0 Å². The van der Waals surface area contributed by atoms with E-state index in [9.17, 15) is 13.2 Å². The lowest BCUT2D eigenvalue weighted by molar-refractivity contribution is -0.323. The Morgan fingerprint density at radius 2 is 2.19 bits per heavy atom. The maximum Gasteiger partial charge on any atom is 0.522 e. The van der Waals surface area contributed by atoms with Crippen molar-refractivity contribution in [1.29, 1.82) is 0 Å². The van der Waals surface area contributed by atoms with Crippen molar-refractivity contribution in [2.45, 2.75) is 18.4 Å². The van der Waals surface area contributed by atoms with Gasteiger partial charge in [0.25, 0.3) is 0 Å². The molecule has 4 nitrogen and oxygen atoms in total. The molecule has 96 valence electrons. The Labute approximate surface area is 92.0 Å². The molecule has 1 rings (SSSR count). The molecule has 0 aromatic carbocycles. The number of halogens is 3. The summed E-state index contributed by atoms with van der Waals surface area (Å²) in [6.07, 6.45) is -3.81. The van der Waals surface area contributed by atoms with Crippen LogP contribution in [0.15, 0.2) is 0 Å². The van der Waals surface area contributed by atoms with E-state index in [1.165, 1.54) is 0 Å². The van der Waals surface area contributed by atoms with Crippen molar-refractivity contribution in [2.75, 3.05) is 40.0 Å². The summed E-state index contributed by atoms with van der Waals surface area (Å²) in [7, 11) is 1.57. The molecule has 0 bridgehead atoms. The molecule has 1 N–H and O–H groups in total. The number of nitrogens with one attached hydrogen (secondary N) is 1. The standard InChI is InChI=1S/C9H16F3NO3/c1-14-8(2-4-15-7-8)6-13-3-5-16-9(10,11)12/h13H,2-7H2,1H3. The molecule has 1 saturated heterocycles. The highest BCUT2D eigenvalue weighted by Gasteiger charge is 2.34. The molecule has 16 heavy (non-hydrogen) atoms. The van der Waals surface area contributed by atoms with Crippen LogP contribution in [0.5, 0.6) is 0 Å². The predicted molar refractivity (Wildman–Crippen MR) is 50.1 cm³/mol. The van der Waals surface area contributed by atoms with Crippen molar-refractivity contribution in [3.8, 4) is 0 Å². The van der Waals surface area contributed by atoms with Crippen LogP contribution in [0.1, 0.15) is 6.42 Å². The van der Waals surface area contributed by atoms with Gasteiger partial charge in [0.05, 0.1) is 13.2 Å². The third kappa shape index (κ3) is 4.65. The summed E-state index contributed by atoms with van der Waals surface area (Å²) < 4.78 is 49.0. The second-order valence-electron chi connectivity index (χ2n) is 3.66. The fourth-order valence-corrected chi connectivity index (χ4v) is 1.52. The normalized spacial score (nSPS) is 26.2. The quantitative estimate of drug-likeness (QED) is 0.704. The van der Waals surface area contributed by atoms with Crippen molar-refractivity contribution in [1.82, 2.24) is 5.32 Å². The van der Waals surface area contributed by atoms with Crippen LogP contribution in [0.4, 0.5) is 13.2 Å². The molecule has 7 heteroatoms. The first kappa shape index (κ1) is 13.7. The van der Waals surface area contributed by atoms with Gasteiger partial charge in [0.15, 0.2) is 0 Å². The topological polar surface area (TPSA) is 39.7 Å². The van der Waals surface area contributed by atoms with E-state index in [2.05, 4.69) is 10.1 Å². The fraction of sp³-hybridized carbons (Fsp3) is 1.00. The predicted octanol–water partition coefficient (Wildman–Crippen LogP) is 0.918. The van der Waals surface area contributed by atoms with Gasteiger partial charge in [0.1, 0.15) is 5.60 Å². The van der Waals surface area contributed by atoms with E-state index in [4.69, 9.17) is 9.47 Å². The Kier molecular flexibility index (Phi) is 4.97. The van der Waals surface area contributed by atoms with Gasteiger partial charge in [-0.3, -0.25) is 4.74 Å². The van der Waals surface area contributed by atoms with E-state index in [1.807, 2.05) is 0 Å². The van der Waals surface area contributed by atoms with Crippen LogP contribution in [-0.4, -0.2) is 52.0 Å². The lowest BCUT2D eigenvalue weighted by Gasteiger charge is -2.26. The number of ether oxygens (including phenoxy) is 3. The summed E-state index contributed by atoms with van der Waals surface area (Å²) in [5, 5.41) is 2.86. The lowest BCUT2D eigenvalue weighted by Crippen LogP contribution is -2.44. The SMILES string of the molecule is COC1(CNCCOC(F)(F)F)CCOC1. The largest absolute Gasteiger partial charge is 0.522 e. The maximum absolute atomic E-state index is 11.6. The minimum absolute atomic E-state index is 0.130. The summed E-state index contributed by atoms with van der Waals surface area (Å²) in [5.41, 5.74) is -0.405. The number of hydrogen-bond acceptors (Lipinski definition) is 4. The van der Waals surface area contributed by atoms with Crippen molar-refractivity contribution in [3.63, 3.8) is 0 Å². The van der Waals surface area contributed by atoms with Gasteiger partial charge in [-0.1, -0.05) is 0 Å². The first-order valence-corrected chi connectivity index (χ1v) is 5.02. The molecule has 0 saturated carbocycles. The van der Waals surface area contributed by atoms with E-state index in [-0.39, 0.29) is 6.54 Å². The van der Waals surface area contributed by atoms with Crippen molar-refractivity contribution in [2.24, 2.45) is 0 Å². The molecule has 1 heterocycles. The highest BCUT2D eigenvalue weighted by atomic mass is 19.4. The monoisotopic (exact) mass is 243 g/mol. The zero-order chi connectivity index (χ0) is 12.1. The van der Waals surface area contributed by atoms with Crippen LogP contribution in [0.2, 0.25) is 0 Å². The van der Waals surface area contributed by atoms with Crippen molar-refractivity contribution < 1.29 is 27.4 Å². The lowest BCUT2D eigenvalue weighted by atomic mass is 10.0. The van der Waals surface area contributed by atoms with Gasteiger partial charge < -0.3 is 14.8 Å². The van der Waals surface area contributed by atoms with Gasteiger partial charge in [-0.15, -0.1) is 13.2 Å². The Morgan fingerprint density at radius 1 is 1.44 bits per heavy atom. The van der Waals surface area contributed by atoms with Gasteiger partial charge in [0.2, 0.25) is 0 Å².